The zero-order valence-corrected chi connectivity index (χ0v) is 13.0. The Morgan fingerprint density at radius 3 is 2.80 bits per heavy atom. The third-order valence-corrected chi connectivity index (χ3v) is 3.26. The van der Waals surface area contributed by atoms with E-state index in [2.05, 4.69) is 35.8 Å². The Morgan fingerprint density at radius 2 is 2.16 bits per heavy atom. The van der Waals surface area contributed by atoms with E-state index < -0.39 is 5.91 Å². The number of halogens is 1. The molecule has 0 spiro atoms. The van der Waals surface area contributed by atoms with Crippen molar-refractivity contribution in [2.24, 2.45) is 5.10 Å². The lowest BCUT2D eigenvalue weighted by molar-refractivity contribution is 0.0949. The van der Waals surface area contributed by atoms with Gasteiger partial charge in [0.1, 0.15) is 5.82 Å². The summed E-state index contributed by atoms with van der Waals surface area (Å²) in [7, 11) is 0. The van der Waals surface area contributed by atoms with Gasteiger partial charge in [-0.2, -0.15) is 9.78 Å². The predicted molar refractivity (Wildman–Crippen MR) is 84.5 cm³/mol. The highest BCUT2D eigenvalue weighted by molar-refractivity contribution is 5.94. The molecule has 0 unspecified atom stereocenters. The van der Waals surface area contributed by atoms with Crippen LogP contribution in [-0.2, 0) is 6.42 Å². The Labute approximate surface area is 140 Å². The highest BCUT2D eigenvalue weighted by atomic mass is 19.1. The van der Waals surface area contributed by atoms with Crippen molar-refractivity contribution >= 4 is 17.9 Å². The van der Waals surface area contributed by atoms with E-state index in [1.54, 1.807) is 0 Å². The molecule has 1 aromatic carbocycles. The number of nitrogens with two attached hydrogens (primary N) is 1. The van der Waals surface area contributed by atoms with Gasteiger partial charge >= 0.3 is 0 Å². The molecule has 3 rings (SSSR count). The van der Waals surface area contributed by atoms with Crippen LogP contribution in [0.1, 0.15) is 28.7 Å². The molecule has 128 valence electrons. The summed E-state index contributed by atoms with van der Waals surface area (Å²) in [5.74, 6) is -0.734. The number of nitrogens with zero attached hydrogens (tertiary/aromatic N) is 6. The normalized spacial score (nSPS) is 11.1. The fourth-order valence-electron chi connectivity index (χ4n) is 2.07. The molecule has 0 aliphatic heterocycles. The largest absolute Gasteiger partial charge is 0.378 e. The summed E-state index contributed by atoms with van der Waals surface area (Å²) in [5, 5.41) is 18.6. The van der Waals surface area contributed by atoms with Crippen LogP contribution in [0.2, 0.25) is 0 Å². The van der Waals surface area contributed by atoms with E-state index in [9.17, 15) is 9.18 Å². The van der Waals surface area contributed by atoms with E-state index in [-0.39, 0.29) is 23.1 Å². The van der Waals surface area contributed by atoms with Crippen molar-refractivity contribution < 1.29 is 13.8 Å². The Bertz CT molecular complexity index is 915. The molecule has 25 heavy (non-hydrogen) atoms. The van der Waals surface area contributed by atoms with Crippen LogP contribution in [0.25, 0.3) is 5.82 Å². The molecule has 0 fully saturated rings. The number of nitrogen functional groups attached to an aromatic ring is 1. The van der Waals surface area contributed by atoms with Crippen LogP contribution >= 0.6 is 0 Å². The second-order valence-corrected chi connectivity index (χ2v) is 4.87. The van der Waals surface area contributed by atoms with Gasteiger partial charge in [-0.1, -0.05) is 24.3 Å². The summed E-state index contributed by atoms with van der Waals surface area (Å²) in [6.07, 6.45) is 1.82. The van der Waals surface area contributed by atoms with Crippen LogP contribution in [-0.4, -0.2) is 37.4 Å². The summed E-state index contributed by atoms with van der Waals surface area (Å²) in [4.78, 5) is 12.2. The number of benzene rings is 1. The van der Waals surface area contributed by atoms with Crippen LogP contribution in [0.4, 0.5) is 10.2 Å². The van der Waals surface area contributed by atoms with E-state index in [0.29, 0.717) is 17.7 Å². The number of hydrogen-bond donors (Lipinski definition) is 2. The van der Waals surface area contributed by atoms with Crippen molar-refractivity contribution in [2.45, 2.75) is 13.3 Å². The van der Waals surface area contributed by atoms with Crippen LogP contribution in [0.5, 0.6) is 0 Å². The van der Waals surface area contributed by atoms with Gasteiger partial charge in [0.2, 0.25) is 11.6 Å². The first-order valence-electron chi connectivity index (χ1n) is 7.22. The van der Waals surface area contributed by atoms with Crippen molar-refractivity contribution in [2.75, 3.05) is 5.73 Å². The molecule has 0 aliphatic rings. The summed E-state index contributed by atoms with van der Waals surface area (Å²) in [6, 6.07) is 5.64. The first kappa shape index (κ1) is 16.2. The fraction of sp³-hybridized carbons (Fsp3) is 0.143. The highest BCUT2D eigenvalue weighted by Gasteiger charge is 2.22. The maximum absolute atomic E-state index is 12.8. The minimum absolute atomic E-state index is 0.0286. The zero-order chi connectivity index (χ0) is 17.8. The molecule has 0 saturated heterocycles. The van der Waals surface area contributed by atoms with Gasteiger partial charge in [0.25, 0.3) is 5.91 Å². The SMILES string of the molecule is CCc1c(C(=O)N/N=C\c2ccc(F)cc2)nnn1-c1nonc1N. The Balaban J connectivity index is 1.77. The molecule has 1 amide bonds. The van der Waals surface area contributed by atoms with Crippen LogP contribution in [0, 0.1) is 5.82 Å². The van der Waals surface area contributed by atoms with Crippen molar-refractivity contribution in [1.82, 2.24) is 30.7 Å². The van der Waals surface area contributed by atoms with Crippen molar-refractivity contribution in [1.29, 1.82) is 0 Å². The molecule has 3 N–H and O–H groups in total. The van der Waals surface area contributed by atoms with E-state index in [1.807, 2.05) is 6.92 Å². The molecule has 0 saturated carbocycles. The maximum Gasteiger partial charge on any atom is 0.293 e. The molecule has 2 heterocycles. The van der Waals surface area contributed by atoms with Gasteiger partial charge in [-0.25, -0.2) is 14.4 Å². The van der Waals surface area contributed by atoms with E-state index in [1.165, 1.54) is 35.2 Å². The highest BCUT2D eigenvalue weighted by Crippen LogP contribution is 2.16. The van der Waals surface area contributed by atoms with Gasteiger partial charge in [-0.15, -0.1) is 5.10 Å². The number of carbonyl (C=O) groups excluding carboxylic acids is 1. The lowest BCUT2D eigenvalue weighted by atomic mass is 10.2. The second kappa shape index (κ2) is 6.86. The molecule has 0 aliphatic carbocycles. The van der Waals surface area contributed by atoms with E-state index in [0.717, 1.165) is 0 Å². The zero-order valence-electron chi connectivity index (χ0n) is 13.0. The Kier molecular flexibility index (Phi) is 4.46. The number of anilines is 1. The number of rotatable bonds is 5. The number of nitrogens with one attached hydrogen (secondary N) is 1. The topological polar surface area (TPSA) is 137 Å². The number of carbonyl (C=O) groups is 1. The number of aromatic nitrogens is 5. The van der Waals surface area contributed by atoms with Crippen molar-refractivity contribution in [3.05, 3.63) is 47.0 Å². The predicted octanol–water partition coefficient (Wildman–Crippen LogP) is 0.698. The standard InChI is InChI=1S/C14H13FN8O2/c1-2-10-11(18-22-23(10)13-12(16)20-25-21-13)14(24)19-17-7-8-3-5-9(15)6-4-8/h3-7H,2H2,1H3,(H2,16,20)(H,19,24)/b17-7-. The lowest BCUT2D eigenvalue weighted by Gasteiger charge is -2.02. The number of hydrogen-bond acceptors (Lipinski definition) is 8. The molecular weight excluding hydrogens is 331 g/mol. The maximum atomic E-state index is 12.8. The van der Waals surface area contributed by atoms with Crippen LogP contribution < -0.4 is 11.2 Å². The van der Waals surface area contributed by atoms with Gasteiger partial charge in [0, 0.05) is 0 Å². The third kappa shape index (κ3) is 3.34. The quantitative estimate of drug-likeness (QED) is 0.513. The Morgan fingerprint density at radius 1 is 1.40 bits per heavy atom. The fourth-order valence-corrected chi connectivity index (χ4v) is 2.07. The summed E-state index contributed by atoms with van der Waals surface area (Å²) in [5.41, 5.74) is 9.14. The molecule has 0 atom stereocenters. The molecule has 0 bridgehead atoms. The van der Waals surface area contributed by atoms with Gasteiger partial charge in [0.15, 0.2) is 5.69 Å². The number of amides is 1. The van der Waals surface area contributed by atoms with Gasteiger partial charge < -0.3 is 5.73 Å². The van der Waals surface area contributed by atoms with Crippen LogP contribution in [0.3, 0.4) is 0 Å². The van der Waals surface area contributed by atoms with E-state index in [4.69, 9.17) is 5.73 Å². The van der Waals surface area contributed by atoms with Crippen molar-refractivity contribution in [3.63, 3.8) is 0 Å². The molecule has 2 aromatic heterocycles. The second-order valence-electron chi connectivity index (χ2n) is 4.87. The molecule has 10 nitrogen and oxygen atoms in total. The molecule has 3 aromatic rings. The molecule has 11 heteroatoms. The van der Waals surface area contributed by atoms with Crippen LogP contribution in [0.15, 0.2) is 34.0 Å². The Hall–Kier alpha value is -3.63. The third-order valence-electron chi connectivity index (χ3n) is 3.26. The van der Waals surface area contributed by atoms with Gasteiger partial charge in [-0.3, -0.25) is 4.79 Å². The average Bonchev–Trinajstić information content (AvgIpc) is 3.21. The molecular formula is C14H13FN8O2. The monoisotopic (exact) mass is 344 g/mol. The average molecular weight is 344 g/mol. The minimum Gasteiger partial charge on any atom is -0.378 e. The summed E-state index contributed by atoms with van der Waals surface area (Å²) < 4.78 is 18.6. The van der Waals surface area contributed by atoms with E-state index >= 15 is 0 Å². The van der Waals surface area contributed by atoms with Crippen molar-refractivity contribution in [3.8, 4) is 5.82 Å². The van der Waals surface area contributed by atoms with Gasteiger partial charge in [-0.05, 0) is 34.4 Å². The summed E-state index contributed by atoms with van der Waals surface area (Å²) >= 11 is 0. The smallest absolute Gasteiger partial charge is 0.293 e. The molecule has 0 radical (unpaired) electrons. The number of hydrazone groups is 1. The minimum atomic E-state index is -0.559. The summed E-state index contributed by atoms with van der Waals surface area (Å²) in [6.45, 7) is 1.82. The van der Waals surface area contributed by atoms with Gasteiger partial charge in [0.05, 0.1) is 11.9 Å². The first-order chi connectivity index (χ1) is 12.1. The lowest BCUT2D eigenvalue weighted by Crippen LogP contribution is -2.20. The first-order valence-corrected chi connectivity index (χ1v) is 7.22.